The zero-order valence-corrected chi connectivity index (χ0v) is 11.1. The average Bonchev–Trinajstić information content (AvgIpc) is 2.39. The molecule has 1 aromatic rings. The number of nitrogens with one attached hydrogen (secondary N) is 2. The fraction of sp³-hybridized carbons (Fsp3) is 0.462. The fourth-order valence-corrected chi connectivity index (χ4v) is 1.48. The summed E-state index contributed by atoms with van der Waals surface area (Å²) in [6.07, 6.45) is 0.996. The predicted octanol–water partition coefficient (Wildman–Crippen LogP) is 1.64. The number of anilines is 1. The molecular formula is C13H20N2O3. The monoisotopic (exact) mass is 252 g/mol. The minimum Gasteiger partial charge on any atom is -0.497 e. The molecule has 0 saturated carbocycles. The van der Waals surface area contributed by atoms with Gasteiger partial charge in [-0.2, -0.15) is 0 Å². The third kappa shape index (κ3) is 4.25. The van der Waals surface area contributed by atoms with Crippen molar-refractivity contribution < 1.29 is 14.3 Å². The fourth-order valence-electron chi connectivity index (χ4n) is 1.48. The van der Waals surface area contributed by atoms with E-state index in [0.717, 1.165) is 13.0 Å². The number of benzene rings is 1. The summed E-state index contributed by atoms with van der Waals surface area (Å²) in [6, 6.07) is 5.27. The molecule has 0 bridgehead atoms. The van der Waals surface area contributed by atoms with Crippen LogP contribution in [-0.4, -0.2) is 33.2 Å². The predicted molar refractivity (Wildman–Crippen MR) is 71.3 cm³/mol. The summed E-state index contributed by atoms with van der Waals surface area (Å²) in [4.78, 5) is 11.7. The van der Waals surface area contributed by atoms with Gasteiger partial charge in [0.2, 0.25) is 5.91 Å². The number of amides is 1. The van der Waals surface area contributed by atoms with Gasteiger partial charge in [0.1, 0.15) is 11.5 Å². The van der Waals surface area contributed by atoms with Crippen LogP contribution in [0.15, 0.2) is 18.2 Å². The van der Waals surface area contributed by atoms with E-state index in [9.17, 15) is 4.79 Å². The van der Waals surface area contributed by atoms with Crippen molar-refractivity contribution in [3.05, 3.63) is 18.2 Å². The van der Waals surface area contributed by atoms with Gasteiger partial charge in [-0.25, -0.2) is 0 Å². The van der Waals surface area contributed by atoms with Gasteiger partial charge in [0, 0.05) is 6.07 Å². The number of hydrogen-bond acceptors (Lipinski definition) is 4. The van der Waals surface area contributed by atoms with E-state index in [4.69, 9.17) is 9.47 Å². The second kappa shape index (κ2) is 7.55. The van der Waals surface area contributed by atoms with E-state index in [2.05, 4.69) is 17.6 Å². The highest BCUT2D eigenvalue weighted by Gasteiger charge is 2.08. The van der Waals surface area contributed by atoms with E-state index in [1.165, 1.54) is 0 Å². The van der Waals surface area contributed by atoms with Gasteiger partial charge in [-0.05, 0) is 25.1 Å². The van der Waals surface area contributed by atoms with Crippen LogP contribution in [0, 0.1) is 0 Å². The van der Waals surface area contributed by atoms with Crippen molar-refractivity contribution in [2.75, 3.05) is 32.6 Å². The third-order valence-corrected chi connectivity index (χ3v) is 2.39. The van der Waals surface area contributed by atoms with Gasteiger partial charge in [-0.3, -0.25) is 4.79 Å². The number of ether oxygens (including phenoxy) is 2. The maximum atomic E-state index is 11.7. The Morgan fingerprint density at radius 2 is 2.06 bits per heavy atom. The highest BCUT2D eigenvalue weighted by atomic mass is 16.5. The minimum atomic E-state index is -0.102. The van der Waals surface area contributed by atoms with Gasteiger partial charge in [0.05, 0.1) is 26.5 Å². The van der Waals surface area contributed by atoms with Crippen LogP contribution in [0.3, 0.4) is 0 Å². The number of carbonyl (C=O) groups is 1. The molecular weight excluding hydrogens is 232 g/mol. The van der Waals surface area contributed by atoms with Crippen LogP contribution < -0.4 is 20.1 Å². The molecule has 2 N–H and O–H groups in total. The van der Waals surface area contributed by atoms with Crippen molar-refractivity contribution in [2.45, 2.75) is 13.3 Å². The Kier molecular flexibility index (Phi) is 6.00. The molecule has 0 unspecified atom stereocenters. The topological polar surface area (TPSA) is 59.6 Å². The van der Waals surface area contributed by atoms with Crippen LogP contribution in [0.2, 0.25) is 0 Å². The number of carbonyl (C=O) groups excluding carboxylic acids is 1. The Morgan fingerprint density at radius 3 is 2.67 bits per heavy atom. The highest BCUT2D eigenvalue weighted by molar-refractivity contribution is 5.93. The maximum absolute atomic E-state index is 11.7. The van der Waals surface area contributed by atoms with Crippen LogP contribution in [0.4, 0.5) is 5.69 Å². The zero-order valence-electron chi connectivity index (χ0n) is 11.1. The Bertz CT molecular complexity index is 394. The van der Waals surface area contributed by atoms with Crippen molar-refractivity contribution >= 4 is 11.6 Å². The van der Waals surface area contributed by atoms with E-state index in [1.54, 1.807) is 32.4 Å². The smallest absolute Gasteiger partial charge is 0.238 e. The average molecular weight is 252 g/mol. The highest BCUT2D eigenvalue weighted by Crippen LogP contribution is 2.28. The molecule has 0 saturated heterocycles. The summed E-state index contributed by atoms with van der Waals surface area (Å²) in [5, 5.41) is 5.83. The van der Waals surface area contributed by atoms with Crippen molar-refractivity contribution in [2.24, 2.45) is 0 Å². The molecule has 0 heterocycles. The summed E-state index contributed by atoms with van der Waals surface area (Å²) in [7, 11) is 3.14. The van der Waals surface area contributed by atoms with Gasteiger partial charge < -0.3 is 20.1 Å². The zero-order chi connectivity index (χ0) is 13.4. The largest absolute Gasteiger partial charge is 0.497 e. The third-order valence-electron chi connectivity index (χ3n) is 2.39. The SMILES string of the molecule is CCCNCC(=O)Nc1cc(OC)ccc1OC. The van der Waals surface area contributed by atoms with E-state index in [1.807, 2.05) is 0 Å². The molecule has 5 heteroatoms. The summed E-state index contributed by atoms with van der Waals surface area (Å²) >= 11 is 0. The van der Waals surface area contributed by atoms with E-state index in [0.29, 0.717) is 17.2 Å². The Balaban J connectivity index is 2.66. The summed E-state index contributed by atoms with van der Waals surface area (Å²) in [6.45, 7) is 3.16. The molecule has 0 aliphatic carbocycles. The van der Waals surface area contributed by atoms with E-state index in [-0.39, 0.29) is 12.5 Å². The first-order valence-electron chi connectivity index (χ1n) is 5.93. The van der Waals surface area contributed by atoms with Crippen LogP contribution in [0.1, 0.15) is 13.3 Å². The number of rotatable bonds is 7. The molecule has 0 spiro atoms. The Hall–Kier alpha value is -1.75. The van der Waals surface area contributed by atoms with Gasteiger partial charge >= 0.3 is 0 Å². The lowest BCUT2D eigenvalue weighted by Gasteiger charge is -2.11. The normalized spacial score (nSPS) is 9.94. The van der Waals surface area contributed by atoms with Crippen LogP contribution in [0.5, 0.6) is 11.5 Å². The van der Waals surface area contributed by atoms with Gasteiger partial charge in [-0.15, -0.1) is 0 Å². The quantitative estimate of drug-likeness (QED) is 0.724. The van der Waals surface area contributed by atoms with Crippen molar-refractivity contribution in [1.82, 2.24) is 5.32 Å². The second-order valence-electron chi connectivity index (χ2n) is 3.79. The molecule has 0 aliphatic rings. The second-order valence-corrected chi connectivity index (χ2v) is 3.79. The molecule has 100 valence electrons. The molecule has 0 aliphatic heterocycles. The first kappa shape index (κ1) is 14.3. The molecule has 0 atom stereocenters. The van der Waals surface area contributed by atoms with Gasteiger partial charge in [-0.1, -0.05) is 6.92 Å². The van der Waals surface area contributed by atoms with Crippen molar-refractivity contribution in [3.63, 3.8) is 0 Å². The Morgan fingerprint density at radius 1 is 1.28 bits per heavy atom. The minimum absolute atomic E-state index is 0.102. The lowest BCUT2D eigenvalue weighted by molar-refractivity contribution is -0.115. The molecule has 0 fully saturated rings. The van der Waals surface area contributed by atoms with E-state index < -0.39 is 0 Å². The van der Waals surface area contributed by atoms with Crippen molar-refractivity contribution in [3.8, 4) is 11.5 Å². The number of hydrogen-bond donors (Lipinski definition) is 2. The first-order valence-corrected chi connectivity index (χ1v) is 5.93. The lowest BCUT2D eigenvalue weighted by Crippen LogP contribution is -2.28. The van der Waals surface area contributed by atoms with Crippen molar-refractivity contribution in [1.29, 1.82) is 0 Å². The van der Waals surface area contributed by atoms with Crippen LogP contribution in [0.25, 0.3) is 0 Å². The van der Waals surface area contributed by atoms with Crippen LogP contribution in [-0.2, 0) is 4.79 Å². The maximum Gasteiger partial charge on any atom is 0.238 e. The van der Waals surface area contributed by atoms with E-state index >= 15 is 0 Å². The molecule has 0 radical (unpaired) electrons. The molecule has 1 amide bonds. The summed E-state index contributed by atoms with van der Waals surface area (Å²) in [5.74, 6) is 1.18. The molecule has 1 aromatic carbocycles. The molecule has 1 rings (SSSR count). The summed E-state index contributed by atoms with van der Waals surface area (Å²) in [5.41, 5.74) is 0.611. The summed E-state index contributed by atoms with van der Waals surface area (Å²) < 4.78 is 10.3. The lowest BCUT2D eigenvalue weighted by atomic mass is 10.2. The molecule has 0 aromatic heterocycles. The van der Waals surface area contributed by atoms with Gasteiger partial charge in [0.15, 0.2) is 0 Å². The Labute approximate surface area is 107 Å². The standard InChI is InChI=1S/C13H20N2O3/c1-4-7-14-9-13(16)15-11-8-10(17-2)5-6-12(11)18-3/h5-6,8,14H,4,7,9H2,1-3H3,(H,15,16). The first-order chi connectivity index (χ1) is 8.71. The number of methoxy groups -OCH3 is 2. The van der Waals surface area contributed by atoms with Crippen LogP contribution >= 0.6 is 0 Å². The molecule has 18 heavy (non-hydrogen) atoms. The van der Waals surface area contributed by atoms with Gasteiger partial charge in [0.25, 0.3) is 0 Å². The molecule has 5 nitrogen and oxygen atoms in total.